The lowest BCUT2D eigenvalue weighted by molar-refractivity contribution is -0.130. The smallest absolute Gasteiger partial charge is 0.236 e. The van der Waals surface area contributed by atoms with Crippen LogP contribution in [0.5, 0.6) is 0 Å². The van der Waals surface area contributed by atoms with Gasteiger partial charge in [-0.25, -0.2) is 13.6 Å². The van der Waals surface area contributed by atoms with Crippen LogP contribution >= 0.6 is 0 Å². The van der Waals surface area contributed by atoms with Crippen molar-refractivity contribution in [3.63, 3.8) is 0 Å². The summed E-state index contributed by atoms with van der Waals surface area (Å²) in [5.41, 5.74) is 0. The molecule has 1 aliphatic rings. The van der Waals surface area contributed by atoms with Crippen LogP contribution < -0.4 is 10.5 Å². The highest BCUT2D eigenvalue weighted by Crippen LogP contribution is 2.10. The van der Waals surface area contributed by atoms with Crippen LogP contribution in [0.25, 0.3) is 0 Å². The lowest BCUT2D eigenvalue weighted by Crippen LogP contribution is -2.46. The third kappa shape index (κ3) is 6.86. The number of likely N-dealkylation sites (N-methyl/N-ethyl adjacent to an activating group) is 1. The van der Waals surface area contributed by atoms with Crippen molar-refractivity contribution >= 4 is 15.9 Å². The highest BCUT2D eigenvalue weighted by atomic mass is 32.2. The average molecular weight is 292 g/mol. The molecular weight excluding hydrogens is 268 g/mol. The first-order valence-corrected chi connectivity index (χ1v) is 8.16. The topological polar surface area (TPSA) is 95.7 Å². The second-order valence-corrected chi connectivity index (χ2v) is 6.89. The number of carbonyl (C=O) groups excluding carboxylic acids is 1. The van der Waals surface area contributed by atoms with Crippen molar-refractivity contribution in [1.82, 2.24) is 15.1 Å². The Balaban J connectivity index is 2.20. The number of rotatable bonds is 6. The zero-order valence-electron chi connectivity index (χ0n) is 11.6. The third-order valence-corrected chi connectivity index (χ3v) is 4.04. The minimum atomic E-state index is -3.38. The Morgan fingerprint density at radius 1 is 1.37 bits per heavy atom. The second kappa shape index (κ2) is 7.18. The molecule has 0 spiro atoms. The Kier molecular flexibility index (Phi) is 6.18. The maximum atomic E-state index is 11.6. The highest BCUT2D eigenvalue weighted by molar-refractivity contribution is 7.89. The molecule has 7 nitrogen and oxygen atoms in total. The van der Waals surface area contributed by atoms with Gasteiger partial charge in [0, 0.05) is 39.8 Å². The minimum absolute atomic E-state index is 0.0354. The number of amides is 1. The van der Waals surface area contributed by atoms with Crippen LogP contribution in [-0.2, 0) is 14.8 Å². The molecule has 3 N–H and O–H groups in total. The van der Waals surface area contributed by atoms with Gasteiger partial charge >= 0.3 is 0 Å². The maximum Gasteiger partial charge on any atom is 0.236 e. The molecule has 19 heavy (non-hydrogen) atoms. The van der Waals surface area contributed by atoms with Crippen LogP contribution in [0.1, 0.15) is 12.8 Å². The summed E-state index contributed by atoms with van der Waals surface area (Å²) in [6.07, 6.45) is 1.84. The summed E-state index contributed by atoms with van der Waals surface area (Å²) in [4.78, 5) is 15.3. The first kappa shape index (κ1) is 16.4. The summed E-state index contributed by atoms with van der Waals surface area (Å²) < 4.78 is 21.6. The van der Waals surface area contributed by atoms with E-state index in [-0.39, 0.29) is 11.7 Å². The third-order valence-electron chi connectivity index (χ3n) is 3.26. The van der Waals surface area contributed by atoms with Gasteiger partial charge in [0.25, 0.3) is 0 Å². The summed E-state index contributed by atoms with van der Waals surface area (Å²) in [5.74, 6) is 0.0763. The fraction of sp³-hybridized carbons (Fsp3) is 0.909. The maximum absolute atomic E-state index is 11.6. The molecule has 112 valence electrons. The SMILES string of the molecule is CN(C)C(=O)CN1CCC(NCCS(N)(=O)=O)CC1. The predicted molar refractivity (Wildman–Crippen MR) is 74.1 cm³/mol. The number of nitrogens with two attached hydrogens (primary N) is 1. The van der Waals surface area contributed by atoms with Gasteiger partial charge in [0.05, 0.1) is 12.3 Å². The second-order valence-electron chi connectivity index (χ2n) is 5.16. The van der Waals surface area contributed by atoms with E-state index in [1.165, 1.54) is 0 Å². The van der Waals surface area contributed by atoms with E-state index in [4.69, 9.17) is 5.14 Å². The Hall–Kier alpha value is -0.700. The highest BCUT2D eigenvalue weighted by Gasteiger charge is 2.21. The van der Waals surface area contributed by atoms with Crippen LogP contribution in [0.2, 0.25) is 0 Å². The fourth-order valence-electron chi connectivity index (χ4n) is 2.03. The number of primary sulfonamides is 1. The zero-order valence-corrected chi connectivity index (χ0v) is 12.4. The van der Waals surface area contributed by atoms with E-state index in [1.54, 1.807) is 19.0 Å². The van der Waals surface area contributed by atoms with Gasteiger partial charge in [-0.15, -0.1) is 0 Å². The van der Waals surface area contributed by atoms with E-state index in [0.29, 0.717) is 19.1 Å². The lowest BCUT2D eigenvalue weighted by Gasteiger charge is -2.32. The lowest BCUT2D eigenvalue weighted by atomic mass is 10.1. The van der Waals surface area contributed by atoms with E-state index in [0.717, 1.165) is 25.9 Å². The van der Waals surface area contributed by atoms with Gasteiger partial charge in [0.2, 0.25) is 15.9 Å². The van der Waals surface area contributed by atoms with Crippen molar-refractivity contribution in [2.45, 2.75) is 18.9 Å². The Bertz CT molecular complexity index is 389. The van der Waals surface area contributed by atoms with Gasteiger partial charge < -0.3 is 10.2 Å². The van der Waals surface area contributed by atoms with Crippen molar-refractivity contribution in [1.29, 1.82) is 0 Å². The first-order chi connectivity index (χ1) is 8.78. The molecule has 1 amide bonds. The van der Waals surface area contributed by atoms with Crippen molar-refractivity contribution in [2.24, 2.45) is 5.14 Å². The van der Waals surface area contributed by atoms with Crippen molar-refractivity contribution in [3.8, 4) is 0 Å². The van der Waals surface area contributed by atoms with Gasteiger partial charge in [-0.1, -0.05) is 0 Å². The van der Waals surface area contributed by atoms with E-state index < -0.39 is 10.0 Å². The Morgan fingerprint density at radius 2 is 1.95 bits per heavy atom. The molecular formula is C11H24N4O3S. The number of piperidine rings is 1. The van der Waals surface area contributed by atoms with Gasteiger partial charge in [0.1, 0.15) is 0 Å². The molecule has 0 bridgehead atoms. The van der Waals surface area contributed by atoms with E-state index >= 15 is 0 Å². The molecule has 1 rings (SSSR count). The van der Waals surface area contributed by atoms with E-state index in [1.807, 2.05) is 0 Å². The van der Waals surface area contributed by atoms with Crippen LogP contribution in [0.4, 0.5) is 0 Å². The molecule has 0 radical (unpaired) electrons. The molecule has 1 saturated heterocycles. The van der Waals surface area contributed by atoms with Gasteiger partial charge in [0.15, 0.2) is 0 Å². The van der Waals surface area contributed by atoms with Crippen LogP contribution in [-0.4, -0.2) is 76.2 Å². The summed E-state index contributed by atoms with van der Waals surface area (Å²) in [7, 11) is 0.124. The molecule has 8 heteroatoms. The number of hydrogen-bond acceptors (Lipinski definition) is 5. The van der Waals surface area contributed by atoms with Gasteiger partial charge in [-0.3, -0.25) is 9.69 Å². The molecule has 0 aliphatic carbocycles. The summed E-state index contributed by atoms with van der Waals surface area (Å²) >= 11 is 0. The first-order valence-electron chi connectivity index (χ1n) is 6.44. The van der Waals surface area contributed by atoms with E-state index in [2.05, 4.69) is 10.2 Å². The van der Waals surface area contributed by atoms with Crippen molar-refractivity contribution < 1.29 is 13.2 Å². The molecule has 0 aromatic carbocycles. The molecule has 1 aliphatic heterocycles. The normalized spacial score (nSPS) is 18.5. The minimum Gasteiger partial charge on any atom is -0.348 e. The average Bonchev–Trinajstić information content (AvgIpc) is 2.29. The number of nitrogens with one attached hydrogen (secondary N) is 1. The van der Waals surface area contributed by atoms with Gasteiger partial charge in [-0.2, -0.15) is 0 Å². The molecule has 0 atom stereocenters. The van der Waals surface area contributed by atoms with E-state index in [9.17, 15) is 13.2 Å². The summed E-state index contributed by atoms with van der Waals surface area (Å²) in [6.45, 7) is 2.55. The van der Waals surface area contributed by atoms with Crippen molar-refractivity contribution in [3.05, 3.63) is 0 Å². The van der Waals surface area contributed by atoms with Crippen LogP contribution in [0, 0.1) is 0 Å². The Morgan fingerprint density at radius 3 is 2.42 bits per heavy atom. The summed E-state index contributed by atoms with van der Waals surface area (Å²) in [6, 6.07) is 0.312. The van der Waals surface area contributed by atoms with Crippen LogP contribution in [0.3, 0.4) is 0 Å². The number of nitrogens with zero attached hydrogens (tertiary/aromatic N) is 2. The number of hydrogen-bond donors (Lipinski definition) is 2. The predicted octanol–water partition coefficient (Wildman–Crippen LogP) is -1.58. The Labute approximate surface area is 115 Å². The molecule has 1 heterocycles. The molecule has 0 aromatic heterocycles. The molecule has 1 fully saturated rings. The quantitative estimate of drug-likeness (QED) is 0.616. The zero-order chi connectivity index (χ0) is 14.5. The molecule has 0 saturated carbocycles. The monoisotopic (exact) mass is 292 g/mol. The van der Waals surface area contributed by atoms with Gasteiger partial charge in [-0.05, 0) is 12.8 Å². The largest absolute Gasteiger partial charge is 0.348 e. The number of likely N-dealkylation sites (tertiary alicyclic amines) is 1. The number of sulfonamides is 1. The number of carbonyl (C=O) groups is 1. The standard InChI is InChI=1S/C11H24N4O3S/c1-14(2)11(16)9-15-6-3-10(4-7-15)13-5-8-19(12,17)18/h10,13H,3-9H2,1-2H3,(H2,12,17,18). The fourth-order valence-corrected chi connectivity index (χ4v) is 2.44. The van der Waals surface area contributed by atoms with Crippen LogP contribution in [0.15, 0.2) is 0 Å². The molecule has 0 aromatic rings. The summed E-state index contributed by atoms with van der Waals surface area (Å²) in [5, 5.41) is 8.13. The van der Waals surface area contributed by atoms with Crippen molar-refractivity contribution in [2.75, 3.05) is 46.0 Å². The molecule has 0 unspecified atom stereocenters.